The van der Waals surface area contributed by atoms with Gasteiger partial charge >= 0.3 is 0 Å². The Labute approximate surface area is 201 Å². The third-order valence-electron chi connectivity index (χ3n) is 5.68. The summed E-state index contributed by atoms with van der Waals surface area (Å²) in [5.41, 5.74) is 4.33. The molecule has 0 fully saturated rings. The third-order valence-corrected chi connectivity index (χ3v) is 5.68. The van der Waals surface area contributed by atoms with E-state index in [-0.39, 0.29) is 24.9 Å². The van der Waals surface area contributed by atoms with Crippen LogP contribution in [0.3, 0.4) is 0 Å². The molecule has 1 amide bonds. The molecule has 7 nitrogen and oxygen atoms in total. The van der Waals surface area contributed by atoms with Gasteiger partial charge < -0.3 is 19.0 Å². The van der Waals surface area contributed by atoms with Crippen LogP contribution in [0.15, 0.2) is 79.4 Å². The number of aryl methyl sites for hydroxylation is 2. The number of aromatic nitrogens is 4. The Kier molecular flexibility index (Phi) is 6.01. The molecular formula is C27H24FN5O2. The number of hydrogen-bond acceptors (Lipinski definition) is 4. The minimum Gasteiger partial charge on any atom is -0.487 e. The fourth-order valence-electron chi connectivity index (χ4n) is 3.88. The first kappa shape index (κ1) is 22.3. The molecule has 0 bridgehead atoms. The standard InChI is InChI=1S/C27H24FN5O2/c1-18-6-9-26-31-22(16-32(26)15-18)17-35-23-5-3-4-21(13-23)27(34)30-14-20-7-8-25(24(28)12-20)33-11-10-29-19(33)2/h3-13,15-16H,14,17H2,1-2H3,(H,30,34). The first-order valence-electron chi connectivity index (χ1n) is 11.2. The fourth-order valence-corrected chi connectivity index (χ4v) is 3.88. The van der Waals surface area contributed by atoms with Crippen molar-refractivity contribution in [1.29, 1.82) is 0 Å². The van der Waals surface area contributed by atoms with Gasteiger partial charge in [-0.25, -0.2) is 14.4 Å². The van der Waals surface area contributed by atoms with Crippen LogP contribution in [0.2, 0.25) is 0 Å². The van der Waals surface area contributed by atoms with E-state index in [2.05, 4.69) is 15.3 Å². The monoisotopic (exact) mass is 469 g/mol. The van der Waals surface area contributed by atoms with Gasteiger partial charge in [-0.3, -0.25) is 4.79 Å². The highest BCUT2D eigenvalue weighted by Crippen LogP contribution is 2.18. The minimum atomic E-state index is -0.379. The van der Waals surface area contributed by atoms with E-state index in [1.807, 2.05) is 42.8 Å². The molecule has 35 heavy (non-hydrogen) atoms. The van der Waals surface area contributed by atoms with E-state index >= 15 is 0 Å². The van der Waals surface area contributed by atoms with Gasteiger partial charge in [0.2, 0.25) is 0 Å². The number of ether oxygens (including phenoxy) is 1. The number of amides is 1. The Morgan fingerprint density at radius 1 is 1.09 bits per heavy atom. The van der Waals surface area contributed by atoms with Gasteiger partial charge in [0.25, 0.3) is 5.91 Å². The van der Waals surface area contributed by atoms with Gasteiger partial charge in [0.1, 0.15) is 29.6 Å². The first-order chi connectivity index (χ1) is 17.0. The molecule has 2 aromatic carbocycles. The van der Waals surface area contributed by atoms with Crippen LogP contribution in [0.4, 0.5) is 4.39 Å². The Balaban J connectivity index is 1.21. The normalized spacial score (nSPS) is 11.1. The zero-order chi connectivity index (χ0) is 24.4. The summed E-state index contributed by atoms with van der Waals surface area (Å²) in [6.45, 7) is 4.32. The fraction of sp³-hybridized carbons (Fsp3) is 0.148. The maximum Gasteiger partial charge on any atom is 0.251 e. The molecule has 0 aliphatic heterocycles. The smallest absolute Gasteiger partial charge is 0.251 e. The van der Waals surface area contributed by atoms with Crippen molar-refractivity contribution in [1.82, 2.24) is 24.3 Å². The predicted molar refractivity (Wildman–Crippen MR) is 130 cm³/mol. The average molecular weight is 470 g/mol. The minimum absolute atomic E-state index is 0.199. The van der Waals surface area contributed by atoms with Crippen LogP contribution in [0.5, 0.6) is 5.75 Å². The number of pyridine rings is 1. The number of halogens is 1. The Morgan fingerprint density at radius 2 is 1.97 bits per heavy atom. The van der Waals surface area contributed by atoms with Gasteiger partial charge in [0.05, 0.1) is 11.4 Å². The lowest BCUT2D eigenvalue weighted by atomic mass is 10.1. The number of nitrogens with one attached hydrogen (secondary N) is 1. The summed E-state index contributed by atoms with van der Waals surface area (Å²) in [5, 5.41) is 2.84. The quantitative estimate of drug-likeness (QED) is 0.372. The number of nitrogens with zero attached hydrogens (tertiary/aromatic N) is 4. The summed E-state index contributed by atoms with van der Waals surface area (Å²) in [4.78, 5) is 21.4. The molecule has 8 heteroatoms. The van der Waals surface area contributed by atoms with Gasteiger partial charge in [-0.05, 0) is 61.4 Å². The summed E-state index contributed by atoms with van der Waals surface area (Å²) >= 11 is 0. The lowest BCUT2D eigenvalue weighted by Crippen LogP contribution is -2.22. The van der Waals surface area contributed by atoms with Gasteiger partial charge in [0.15, 0.2) is 0 Å². The van der Waals surface area contributed by atoms with Gasteiger partial charge in [-0.15, -0.1) is 0 Å². The van der Waals surface area contributed by atoms with Crippen molar-refractivity contribution < 1.29 is 13.9 Å². The number of carbonyl (C=O) groups is 1. The molecule has 3 aromatic heterocycles. The maximum absolute atomic E-state index is 14.6. The molecule has 3 heterocycles. The van der Waals surface area contributed by atoms with Crippen molar-refractivity contribution >= 4 is 11.6 Å². The highest BCUT2D eigenvalue weighted by molar-refractivity contribution is 5.94. The Hall–Kier alpha value is -4.46. The molecule has 176 valence electrons. The van der Waals surface area contributed by atoms with Crippen LogP contribution in [0, 0.1) is 19.7 Å². The van der Waals surface area contributed by atoms with E-state index < -0.39 is 0 Å². The number of carbonyl (C=O) groups excluding carboxylic acids is 1. The van der Waals surface area contributed by atoms with Crippen LogP contribution in [0.1, 0.15) is 33.0 Å². The summed E-state index contributed by atoms with van der Waals surface area (Å²) in [5.74, 6) is 0.615. The highest BCUT2D eigenvalue weighted by Gasteiger charge is 2.11. The maximum atomic E-state index is 14.6. The summed E-state index contributed by atoms with van der Waals surface area (Å²) in [6, 6.07) is 15.8. The molecule has 0 unspecified atom stereocenters. The van der Waals surface area contributed by atoms with Crippen molar-refractivity contribution in [2.75, 3.05) is 0 Å². The number of benzene rings is 2. The van der Waals surface area contributed by atoms with E-state index in [0.717, 1.165) is 16.9 Å². The van der Waals surface area contributed by atoms with Crippen LogP contribution in [0.25, 0.3) is 11.3 Å². The second kappa shape index (κ2) is 9.42. The SMILES string of the molecule is Cc1ccc2nc(COc3cccc(C(=O)NCc4ccc(-n5ccnc5C)c(F)c4)c3)cn2c1. The predicted octanol–water partition coefficient (Wildman–Crippen LogP) is 4.78. The molecule has 0 spiro atoms. The van der Waals surface area contributed by atoms with Crippen LogP contribution in [-0.4, -0.2) is 24.8 Å². The molecule has 0 aliphatic rings. The van der Waals surface area contributed by atoms with Crippen molar-refractivity contribution in [2.45, 2.75) is 27.0 Å². The van der Waals surface area contributed by atoms with Crippen molar-refractivity contribution in [3.63, 3.8) is 0 Å². The van der Waals surface area contributed by atoms with Gasteiger partial charge in [-0.2, -0.15) is 0 Å². The molecule has 0 aliphatic carbocycles. The number of hydrogen-bond donors (Lipinski definition) is 1. The van der Waals surface area contributed by atoms with Gasteiger partial charge in [-0.1, -0.05) is 18.2 Å². The van der Waals surface area contributed by atoms with E-state index in [0.29, 0.717) is 28.4 Å². The lowest BCUT2D eigenvalue weighted by molar-refractivity contribution is 0.0950. The lowest BCUT2D eigenvalue weighted by Gasteiger charge is -2.10. The molecule has 0 saturated carbocycles. The van der Waals surface area contributed by atoms with E-state index in [1.54, 1.807) is 53.4 Å². The summed E-state index contributed by atoms with van der Waals surface area (Å²) in [6.07, 6.45) is 7.27. The van der Waals surface area contributed by atoms with Crippen LogP contribution < -0.4 is 10.1 Å². The second-order valence-corrected chi connectivity index (χ2v) is 8.33. The number of rotatable bonds is 7. The van der Waals surface area contributed by atoms with Gasteiger partial charge in [0, 0.05) is 36.9 Å². The second-order valence-electron chi connectivity index (χ2n) is 8.33. The van der Waals surface area contributed by atoms with E-state index in [9.17, 15) is 9.18 Å². The van der Waals surface area contributed by atoms with Crippen LogP contribution in [-0.2, 0) is 13.2 Å². The molecule has 0 radical (unpaired) electrons. The summed E-state index contributed by atoms with van der Waals surface area (Å²) in [7, 11) is 0. The van der Waals surface area contributed by atoms with Crippen molar-refractivity contribution in [3.8, 4) is 11.4 Å². The molecular weight excluding hydrogens is 445 g/mol. The third kappa shape index (κ3) is 4.91. The molecule has 5 rings (SSSR count). The van der Waals surface area contributed by atoms with Crippen molar-refractivity contribution in [3.05, 3.63) is 113 Å². The highest BCUT2D eigenvalue weighted by atomic mass is 19.1. The largest absolute Gasteiger partial charge is 0.487 e. The summed E-state index contributed by atoms with van der Waals surface area (Å²) < 4.78 is 24.1. The average Bonchev–Trinajstić information content (AvgIpc) is 3.46. The molecule has 5 aromatic rings. The molecule has 1 N–H and O–H groups in total. The Morgan fingerprint density at radius 3 is 2.77 bits per heavy atom. The number of imidazole rings is 2. The number of fused-ring (bicyclic) bond motifs is 1. The zero-order valence-electron chi connectivity index (χ0n) is 19.4. The zero-order valence-corrected chi connectivity index (χ0v) is 19.4. The Bertz CT molecular complexity index is 1520. The van der Waals surface area contributed by atoms with E-state index in [4.69, 9.17) is 4.74 Å². The topological polar surface area (TPSA) is 73.4 Å². The molecule has 0 atom stereocenters. The first-order valence-corrected chi connectivity index (χ1v) is 11.2. The van der Waals surface area contributed by atoms with Crippen LogP contribution >= 0.6 is 0 Å². The molecule has 0 saturated heterocycles. The van der Waals surface area contributed by atoms with E-state index in [1.165, 1.54) is 6.07 Å². The van der Waals surface area contributed by atoms with Crippen molar-refractivity contribution in [2.24, 2.45) is 0 Å².